The summed E-state index contributed by atoms with van der Waals surface area (Å²) < 4.78 is 0. The molecule has 2 aromatic rings. The van der Waals surface area contributed by atoms with Crippen molar-refractivity contribution in [3.8, 4) is 0 Å². The summed E-state index contributed by atoms with van der Waals surface area (Å²) in [6.07, 6.45) is 10.9. The lowest BCUT2D eigenvalue weighted by atomic mass is 10.0. The average Bonchev–Trinajstić information content (AvgIpc) is 2.78. The van der Waals surface area contributed by atoms with Crippen LogP contribution in [0.2, 0.25) is 0 Å². The largest absolute Gasteiger partial charge is 0.356 e. The number of nitrogens with zero attached hydrogens (tertiary/aromatic N) is 3. The number of aryl methyl sites for hydroxylation is 2. The van der Waals surface area contributed by atoms with Crippen molar-refractivity contribution >= 4 is 17.9 Å². The van der Waals surface area contributed by atoms with Gasteiger partial charge in [0, 0.05) is 31.2 Å². The van der Waals surface area contributed by atoms with Gasteiger partial charge < -0.3 is 15.5 Å². The number of hydrogen-bond acceptors (Lipinski definition) is 4. The number of anilines is 1. The summed E-state index contributed by atoms with van der Waals surface area (Å²) in [6.45, 7) is 4.47. The number of carbonyl (C=O) groups excluding carboxylic acids is 1. The first-order valence-electron chi connectivity index (χ1n) is 10.6. The smallest absolute Gasteiger partial charge is 0.315 e. The van der Waals surface area contributed by atoms with Crippen LogP contribution in [0.5, 0.6) is 0 Å². The number of hydrogen-bond donors (Lipinski definition) is 2. The van der Waals surface area contributed by atoms with Gasteiger partial charge in [0.2, 0.25) is 0 Å². The van der Waals surface area contributed by atoms with E-state index in [1.54, 1.807) is 6.33 Å². The molecule has 1 aromatic carbocycles. The minimum absolute atomic E-state index is 0.0923. The molecule has 1 saturated heterocycles. The quantitative estimate of drug-likeness (QED) is 0.819. The van der Waals surface area contributed by atoms with E-state index < -0.39 is 0 Å². The van der Waals surface area contributed by atoms with E-state index in [1.807, 2.05) is 0 Å². The first-order valence-corrected chi connectivity index (χ1v) is 10.6. The third kappa shape index (κ3) is 4.75. The maximum Gasteiger partial charge on any atom is 0.315 e. The van der Waals surface area contributed by atoms with Crippen LogP contribution in [0.4, 0.5) is 10.6 Å². The molecule has 2 N–H and O–H groups in total. The second-order valence-electron chi connectivity index (χ2n) is 7.76. The predicted octanol–water partition coefficient (Wildman–Crippen LogP) is 3.47. The van der Waals surface area contributed by atoms with Crippen molar-refractivity contribution in [2.45, 2.75) is 51.6 Å². The van der Waals surface area contributed by atoms with E-state index in [9.17, 15) is 4.79 Å². The summed E-state index contributed by atoms with van der Waals surface area (Å²) >= 11 is 0. The Kier molecular flexibility index (Phi) is 6.08. The molecule has 1 aliphatic carbocycles. The van der Waals surface area contributed by atoms with Crippen molar-refractivity contribution in [2.24, 2.45) is 0 Å². The molecule has 4 rings (SSSR count). The van der Waals surface area contributed by atoms with Gasteiger partial charge in [0.15, 0.2) is 0 Å². The number of amides is 2. The minimum Gasteiger partial charge on any atom is -0.356 e. The van der Waals surface area contributed by atoms with Gasteiger partial charge in [-0.15, -0.1) is 0 Å². The normalized spacial score (nSPS) is 16.4. The molecule has 0 unspecified atom stereocenters. The standard InChI is InChI=1S/C23H29N5O/c1-2-17-7-9-18(10-8-17)15-24-23(29)27-19-11-13-28(14-12-19)22-20-5-3-4-6-21(20)25-16-26-22/h3,5,7-10,16,19H,2,4,6,11-15H2,1H3,(H2,24,27,29). The first kappa shape index (κ1) is 19.4. The van der Waals surface area contributed by atoms with Gasteiger partial charge in [-0.25, -0.2) is 14.8 Å². The van der Waals surface area contributed by atoms with Crippen LogP contribution in [0, 0.1) is 0 Å². The fourth-order valence-electron chi connectivity index (χ4n) is 4.01. The van der Waals surface area contributed by atoms with Gasteiger partial charge in [-0.2, -0.15) is 0 Å². The van der Waals surface area contributed by atoms with E-state index in [4.69, 9.17) is 0 Å². The molecule has 6 nitrogen and oxygen atoms in total. The number of urea groups is 1. The molecule has 2 amide bonds. The molecule has 0 atom stereocenters. The summed E-state index contributed by atoms with van der Waals surface area (Å²) in [5.41, 5.74) is 4.74. The second kappa shape index (κ2) is 9.07. The summed E-state index contributed by atoms with van der Waals surface area (Å²) in [5, 5.41) is 6.10. The molecule has 152 valence electrons. The Labute approximate surface area is 172 Å². The molecule has 29 heavy (non-hydrogen) atoms. The van der Waals surface area contributed by atoms with Crippen LogP contribution in [-0.4, -0.2) is 35.1 Å². The Morgan fingerprint density at radius 1 is 1.14 bits per heavy atom. The van der Waals surface area contributed by atoms with Crippen molar-refractivity contribution < 1.29 is 4.79 Å². The number of rotatable bonds is 5. The van der Waals surface area contributed by atoms with Crippen LogP contribution in [0.25, 0.3) is 6.08 Å². The molecule has 0 spiro atoms. The van der Waals surface area contributed by atoms with Gasteiger partial charge in [0.25, 0.3) is 0 Å². The van der Waals surface area contributed by atoms with E-state index >= 15 is 0 Å². The Bertz CT molecular complexity index is 869. The Balaban J connectivity index is 1.26. The third-order valence-corrected chi connectivity index (χ3v) is 5.79. The van der Waals surface area contributed by atoms with Gasteiger partial charge in [0.05, 0.1) is 5.69 Å². The molecule has 0 saturated carbocycles. The van der Waals surface area contributed by atoms with E-state index in [2.05, 4.69) is 68.8 Å². The number of fused-ring (bicyclic) bond motifs is 1. The van der Waals surface area contributed by atoms with Crippen LogP contribution >= 0.6 is 0 Å². The van der Waals surface area contributed by atoms with Gasteiger partial charge in [-0.05, 0) is 43.2 Å². The van der Waals surface area contributed by atoms with Crippen LogP contribution in [0.15, 0.2) is 36.7 Å². The fraction of sp³-hybridized carbons (Fsp3) is 0.435. The molecule has 1 fully saturated rings. The molecule has 1 aromatic heterocycles. The van der Waals surface area contributed by atoms with Crippen LogP contribution in [0.1, 0.15) is 48.6 Å². The van der Waals surface area contributed by atoms with Crippen molar-refractivity contribution in [3.63, 3.8) is 0 Å². The molecular weight excluding hydrogens is 362 g/mol. The summed E-state index contributed by atoms with van der Waals surface area (Å²) in [7, 11) is 0. The van der Waals surface area contributed by atoms with E-state index in [0.29, 0.717) is 6.54 Å². The lowest BCUT2D eigenvalue weighted by molar-refractivity contribution is 0.234. The Morgan fingerprint density at radius 2 is 1.90 bits per heavy atom. The van der Waals surface area contributed by atoms with Crippen LogP contribution in [0.3, 0.4) is 0 Å². The van der Waals surface area contributed by atoms with Gasteiger partial charge >= 0.3 is 6.03 Å². The Morgan fingerprint density at radius 3 is 2.66 bits per heavy atom. The zero-order chi connectivity index (χ0) is 20.1. The highest BCUT2D eigenvalue weighted by Crippen LogP contribution is 2.27. The van der Waals surface area contributed by atoms with Crippen molar-refractivity contribution in [1.29, 1.82) is 0 Å². The summed E-state index contributed by atoms with van der Waals surface area (Å²) in [4.78, 5) is 23.6. The molecule has 6 heteroatoms. The molecule has 2 aliphatic rings. The SMILES string of the molecule is CCc1ccc(CNC(=O)NC2CCN(c3ncnc4c3C=CCC4)CC2)cc1. The number of piperidine rings is 1. The highest BCUT2D eigenvalue weighted by atomic mass is 16.2. The highest BCUT2D eigenvalue weighted by Gasteiger charge is 2.24. The van der Waals surface area contributed by atoms with Gasteiger partial charge in [-0.1, -0.05) is 43.3 Å². The molecular formula is C23H29N5O. The van der Waals surface area contributed by atoms with Crippen molar-refractivity contribution in [2.75, 3.05) is 18.0 Å². The van der Waals surface area contributed by atoms with Crippen molar-refractivity contribution in [3.05, 3.63) is 59.1 Å². The summed E-state index contributed by atoms with van der Waals surface area (Å²) in [5.74, 6) is 1.03. The van der Waals surface area contributed by atoms with Gasteiger partial charge in [-0.3, -0.25) is 0 Å². The monoisotopic (exact) mass is 391 g/mol. The topological polar surface area (TPSA) is 70.2 Å². The number of nitrogens with one attached hydrogen (secondary N) is 2. The first-order chi connectivity index (χ1) is 14.2. The minimum atomic E-state index is -0.0923. The maximum atomic E-state index is 12.3. The highest BCUT2D eigenvalue weighted by molar-refractivity contribution is 5.74. The summed E-state index contributed by atoms with van der Waals surface area (Å²) in [6, 6.07) is 8.49. The fourth-order valence-corrected chi connectivity index (χ4v) is 4.01. The maximum absolute atomic E-state index is 12.3. The lowest BCUT2D eigenvalue weighted by Gasteiger charge is -2.34. The number of benzene rings is 1. The number of allylic oxidation sites excluding steroid dienone is 1. The molecule has 1 aliphatic heterocycles. The van der Waals surface area contributed by atoms with Crippen molar-refractivity contribution in [1.82, 2.24) is 20.6 Å². The predicted molar refractivity (Wildman–Crippen MR) is 116 cm³/mol. The molecule has 0 bridgehead atoms. The van der Waals surface area contributed by atoms with Crippen LogP contribution in [-0.2, 0) is 19.4 Å². The van der Waals surface area contributed by atoms with E-state index in [-0.39, 0.29) is 12.1 Å². The van der Waals surface area contributed by atoms with Crippen LogP contribution < -0.4 is 15.5 Å². The zero-order valence-electron chi connectivity index (χ0n) is 17.0. The van der Waals surface area contributed by atoms with E-state index in [0.717, 1.165) is 67.8 Å². The molecule has 0 radical (unpaired) electrons. The number of carbonyl (C=O) groups is 1. The average molecular weight is 392 g/mol. The second-order valence-corrected chi connectivity index (χ2v) is 7.76. The number of aromatic nitrogens is 2. The zero-order valence-corrected chi connectivity index (χ0v) is 17.0. The molecule has 2 heterocycles. The Hall–Kier alpha value is -2.89. The third-order valence-electron chi connectivity index (χ3n) is 5.79. The van der Waals surface area contributed by atoms with E-state index in [1.165, 1.54) is 5.56 Å². The van der Waals surface area contributed by atoms with Gasteiger partial charge in [0.1, 0.15) is 12.1 Å². The lowest BCUT2D eigenvalue weighted by Crippen LogP contribution is -2.48.